The van der Waals surface area contributed by atoms with E-state index < -0.39 is 0 Å². The highest BCUT2D eigenvalue weighted by Gasteiger charge is 2.28. The van der Waals surface area contributed by atoms with Crippen molar-refractivity contribution in [3.8, 4) is 5.88 Å². The van der Waals surface area contributed by atoms with E-state index >= 15 is 0 Å². The normalized spacial score (nSPS) is 21.9. The van der Waals surface area contributed by atoms with Crippen molar-refractivity contribution >= 4 is 5.82 Å². The lowest BCUT2D eigenvalue weighted by Crippen LogP contribution is -2.32. The van der Waals surface area contributed by atoms with Gasteiger partial charge in [-0.1, -0.05) is 20.3 Å². The number of hydrogen-bond donors (Lipinski definition) is 2. The Morgan fingerprint density at radius 3 is 3.05 bits per heavy atom. The monoisotopic (exact) mass is 265 g/mol. The topological polar surface area (TPSA) is 67.3 Å². The lowest BCUT2D eigenvalue weighted by molar-refractivity contribution is 0.196. The molecule has 0 radical (unpaired) electrons. The molecule has 19 heavy (non-hydrogen) atoms. The van der Waals surface area contributed by atoms with Crippen LogP contribution >= 0.6 is 0 Å². The Morgan fingerprint density at radius 2 is 2.32 bits per heavy atom. The zero-order valence-electron chi connectivity index (χ0n) is 11.7. The molecule has 5 nitrogen and oxygen atoms in total. The van der Waals surface area contributed by atoms with E-state index in [-0.39, 0.29) is 13.2 Å². The molecule has 0 amide bonds. The summed E-state index contributed by atoms with van der Waals surface area (Å²) in [5.41, 5.74) is 0.397. The Kier molecular flexibility index (Phi) is 4.58. The van der Waals surface area contributed by atoms with Crippen LogP contribution in [-0.2, 0) is 0 Å². The van der Waals surface area contributed by atoms with Gasteiger partial charge in [-0.3, -0.25) is 4.98 Å². The zero-order chi connectivity index (χ0) is 13.7. The molecule has 0 spiro atoms. The highest BCUT2D eigenvalue weighted by molar-refractivity contribution is 5.34. The highest BCUT2D eigenvalue weighted by Crippen LogP contribution is 2.36. The van der Waals surface area contributed by atoms with Crippen molar-refractivity contribution in [3.63, 3.8) is 0 Å². The summed E-state index contributed by atoms with van der Waals surface area (Å²) in [6.07, 6.45) is 8.14. The average molecular weight is 265 g/mol. The van der Waals surface area contributed by atoms with Gasteiger partial charge < -0.3 is 15.2 Å². The summed E-state index contributed by atoms with van der Waals surface area (Å²) in [5, 5.41) is 12.2. The van der Waals surface area contributed by atoms with E-state index in [1.807, 2.05) is 0 Å². The van der Waals surface area contributed by atoms with Gasteiger partial charge in [-0.25, -0.2) is 0 Å². The van der Waals surface area contributed by atoms with Crippen LogP contribution in [0, 0.1) is 5.41 Å². The third-order valence-corrected chi connectivity index (χ3v) is 3.51. The van der Waals surface area contributed by atoms with Gasteiger partial charge in [0.1, 0.15) is 12.4 Å². The number of aliphatic hydroxyl groups excluding tert-OH is 1. The van der Waals surface area contributed by atoms with Gasteiger partial charge >= 0.3 is 0 Å². The fraction of sp³-hybridized carbons (Fsp3) is 0.714. The number of hydrogen-bond acceptors (Lipinski definition) is 5. The van der Waals surface area contributed by atoms with Crippen molar-refractivity contribution in [1.82, 2.24) is 9.97 Å². The van der Waals surface area contributed by atoms with Crippen molar-refractivity contribution in [1.29, 1.82) is 0 Å². The lowest BCUT2D eigenvalue weighted by Gasteiger charge is -2.35. The second-order valence-electron chi connectivity index (χ2n) is 5.92. The van der Waals surface area contributed by atoms with Gasteiger partial charge in [0.15, 0.2) is 0 Å². The zero-order valence-corrected chi connectivity index (χ0v) is 11.7. The van der Waals surface area contributed by atoms with Gasteiger partial charge in [-0.05, 0) is 24.7 Å². The largest absolute Gasteiger partial charge is 0.474 e. The first kappa shape index (κ1) is 14.1. The molecule has 0 bridgehead atoms. The highest BCUT2D eigenvalue weighted by atomic mass is 16.5. The molecule has 0 aromatic carbocycles. The van der Waals surface area contributed by atoms with Crippen LogP contribution in [0.2, 0.25) is 0 Å². The van der Waals surface area contributed by atoms with Crippen molar-refractivity contribution < 1.29 is 9.84 Å². The summed E-state index contributed by atoms with van der Waals surface area (Å²) in [5.74, 6) is 1.20. The van der Waals surface area contributed by atoms with Crippen LogP contribution in [0.1, 0.15) is 39.5 Å². The predicted octanol–water partition coefficient (Wildman–Crippen LogP) is 2.23. The van der Waals surface area contributed by atoms with Crippen LogP contribution in [0.4, 0.5) is 5.82 Å². The van der Waals surface area contributed by atoms with Crippen molar-refractivity contribution in [2.45, 2.75) is 45.6 Å². The molecule has 2 N–H and O–H groups in total. The maximum atomic E-state index is 8.73. The SMILES string of the molecule is CC1(C)CCCC(Nc2cncc(OCCO)n2)C1. The van der Waals surface area contributed by atoms with Gasteiger partial charge in [-0.15, -0.1) is 0 Å². The molecule has 1 heterocycles. The lowest BCUT2D eigenvalue weighted by atomic mass is 9.75. The third kappa shape index (κ3) is 4.35. The minimum atomic E-state index is -0.0177. The predicted molar refractivity (Wildman–Crippen MR) is 74.3 cm³/mol. The number of nitrogens with one attached hydrogen (secondary N) is 1. The molecule has 1 saturated carbocycles. The molecular weight excluding hydrogens is 242 g/mol. The molecule has 2 rings (SSSR count). The summed E-state index contributed by atoms with van der Waals surface area (Å²) in [7, 11) is 0. The summed E-state index contributed by atoms with van der Waals surface area (Å²) >= 11 is 0. The Bertz CT molecular complexity index is 409. The van der Waals surface area contributed by atoms with Gasteiger partial charge in [0.2, 0.25) is 5.88 Å². The number of nitrogens with zero attached hydrogens (tertiary/aromatic N) is 2. The maximum absolute atomic E-state index is 8.73. The fourth-order valence-corrected chi connectivity index (χ4v) is 2.67. The molecular formula is C14H23N3O2. The van der Waals surface area contributed by atoms with Crippen molar-refractivity contribution in [3.05, 3.63) is 12.4 Å². The Hall–Kier alpha value is -1.36. The number of rotatable bonds is 5. The van der Waals surface area contributed by atoms with Crippen molar-refractivity contribution in [2.75, 3.05) is 18.5 Å². The second-order valence-corrected chi connectivity index (χ2v) is 5.92. The Balaban J connectivity index is 1.94. The molecule has 1 atom stereocenters. The maximum Gasteiger partial charge on any atom is 0.234 e. The smallest absolute Gasteiger partial charge is 0.234 e. The Morgan fingerprint density at radius 1 is 1.47 bits per heavy atom. The first-order valence-electron chi connectivity index (χ1n) is 6.91. The van der Waals surface area contributed by atoms with Crippen molar-refractivity contribution in [2.24, 2.45) is 5.41 Å². The molecule has 5 heteroatoms. The summed E-state index contributed by atoms with van der Waals surface area (Å²) in [4.78, 5) is 8.45. The van der Waals surface area contributed by atoms with Gasteiger partial charge in [0, 0.05) is 6.04 Å². The minimum absolute atomic E-state index is 0.0177. The standard InChI is InChI=1S/C14H23N3O2/c1-14(2)5-3-4-11(8-14)16-12-9-15-10-13(17-12)19-7-6-18/h9-11,18H,3-8H2,1-2H3,(H,16,17). The van der Waals surface area contributed by atoms with E-state index in [4.69, 9.17) is 9.84 Å². The first-order chi connectivity index (χ1) is 9.09. The number of aliphatic hydroxyl groups is 1. The van der Waals surface area contributed by atoms with E-state index in [1.165, 1.54) is 19.3 Å². The van der Waals surface area contributed by atoms with Crippen LogP contribution in [0.5, 0.6) is 5.88 Å². The summed E-state index contributed by atoms with van der Waals surface area (Å²) in [6, 6.07) is 0.450. The van der Waals surface area contributed by atoms with Crippen LogP contribution < -0.4 is 10.1 Å². The quantitative estimate of drug-likeness (QED) is 0.854. The van der Waals surface area contributed by atoms with Crippen LogP contribution in [0.3, 0.4) is 0 Å². The van der Waals surface area contributed by atoms with E-state index in [0.717, 1.165) is 12.2 Å². The second kappa shape index (κ2) is 6.19. The van der Waals surface area contributed by atoms with E-state index in [1.54, 1.807) is 12.4 Å². The van der Waals surface area contributed by atoms with Crippen LogP contribution in [0.25, 0.3) is 0 Å². The minimum Gasteiger partial charge on any atom is -0.474 e. The van der Waals surface area contributed by atoms with Gasteiger partial charge in [0.25, 0.3) is 0 Å². The molecule has 0 aliphatic heterocycles. The molecule has 1 aromatic rings. The summed E-state index contributed by atoms with van der Waals surface area (Å²) in [6.45, 7) is 4.85. The van der Waals surface area contributed by atoms with E-state index in [0.29, 0.717) is 17.3 Å². The van der Waals surface area contributed by atoms with E-state index in [2.05, 4.69) is 29.1 Å². The van der Waals surface area contributed by atoms with Gasteiger partial charge in [-0.2, -0.15) is 4.98 Å². The molecule has 1 aliphatic carbocycles. The third-order valence-electron chi connectivity index (χ3n) is 3.51. The number of anilines is 1. The number of ether oxygens (including phenoxy) is 1. The fourth-order valence-electron chi connectivity index (χ4n) is 2.67. The average Bonchev–Trinajstić information content (AvgIpc) is 2.35. The van der Waals surface area contributed by atoms with E-state index in [9.17, 15) is 0 Å². The molecule has 106 valence electrons. The van der Waals surface area contributed by atoms with Crippen LogP contribution in [-0.4, -0.2) is 34.3 Å². The molecule has 1 aliphatic rings. The van der Waals surface area contributed by atoms with Gasteiger partial charge in [0.05, 0.1) is 19.0 Å². The molecule has 1 aromatic heterocycles. The Labute approximate surface area is 114 Å². The number of aromatic nitrogens is 2. The molecule has 1 fully saturated rings. The molecule has 1 unspecified atom stereocenters. The first-order valence-corrected chi connectivity index (χ1v) is 6.91. The summed E-state index contributed by atoms with van der Waals surface area (Å²) < 4.78 is 5.26. The molecule has 0 saturated heterocycles. The van der Waals surface area contributed by atoms with Crippen LogP contribution in [0.15, 0.2) is 12.4 Å².